The van der Waals surface area contributed by atoms with Gasteiger partial charge in [-0.2, -0.15) is 0 Å². The van der Waals surface area contributed by atoms with Crippen LogP contribution in [0.3, 0.4) is 0 Å². The van der Waals surface area contributed by atoms with Gasteiger partial charge in [-0.25, -0.2) is 4.39 Å². The van der Waals surface area contributed by atoms with Crippen molar-refractivity contribution in [2.24, 2.45) is 5.73 Å². The molecule has 2 amide bonds. The first-order chi connectivity index (χ1) is 11.9. The van der Waals surface area contributed by atoms with E-state index < -0.39 is 11.7 Å². The van der Waals surface area contributed by atoms with Crippen LogP contribution in [0.4, 0.5) is 10.1 Å². The molecule has 3 aromatic rings. The monoisotopic (exact) mass is 339 g/mol. The van der Waals surface area contributed by atoms with Gasteiger partial charge in [0, 0.05) is 40.5 Å². The van der Waals surface area contributed by atoms with Crippen LogP contribution in [0.2, 0.25) is 0 Å². The Morgan fingerprint density at radius 3 is 2.64 bits per heavy atom. The lowest BCUT2D eigenvalue weighted by molar-refractivity contribution is 0.0996. The van der Waals surface area contributed by atoms with Crippen LogP contribution in [0.15, 0.2) is 42.6 Å². The van der Waals surface area contributed by atoms with Crippen molar-refractivity contribution < 1.29 is 14.0 Å². The van der Waals surface area contributed by atoms with Crippen LogP contribution >= 0.6 is 0 Å². The molecule has 0 fully saturated rings. The molecule has 0 spiro atoms. The number of amides is 2. The molecule has 0 radical (unpaired) electrons. The molecule has 3 N–H and O–H groups in total. The summed E-state index contributed by atoms with van der Waals surface area (Å²) in [7, 11) is 0. The first-order valence-electron chi connectivity index (χ1n) is 7.91. The molecule has 0 bridgehead atoms. The zero-order chi connectivity index (χ0) is 18.1. The van der Waals surface area contributed by atoms with Crippen molar-refractivity contribution in [2.45, 2.75) is 20.4 Å². The first kappa shape index (κ1) is 16.7. The van der Waals surface area contributed by atoms with E-state index in [9.17, 15) is 14.0 Å². The van der Waals surface area contributed by atoms with Crippen molar-refractivity contribution in [1.82, 2.24) is 4.57 Å². The van der Waals surface area contributed by atoms with Crippen LogP contribution < -0.4 is 11.1 Å². The quantitative estimate of drug-likeness (QED) is 0.763. The molecular formula is C19H18FN3O2. The minimum atomic E-state index is -0.753. The second-order valence-corrected chi connectivity index (χ2v) is 5.79. The number of aryl methyl sites for hydroxylation is 1. The van der Waals surface area contributed by atoms with Gasteiger partial charge in [-0.05, 0) is 32.0 Å². The number of benzene rings is 2. The van der Waals surface area contributed by atoms with Crippen molar-refractivity contribution in [3.05, 3.63) is 65.1 Å². The molecule has 0 saturated carbocycles. The third kappa shape index (κ3) is 2.98. The number of hydrogen-bond donors (Lipinski definition) is 2. The average Bonchev–Trinajstić information content (AvgIpc) is 2.97. The van der Waals surface area contributed by atoms with E-state index in [2.05, 4.69) is 5.32 Å². The van der Waals surface area contributed by atoms with E-state index in [1.165, 1.54) is 13.0 Å². The number of nitrogens with zero attached hydrogens (tertiary/aromatic N) is 1. The number of carbonyl (C=O) groups excluding carboxylic acids is 2. The van der Waals surface area contributed by atoms with Crippen LogP contribution in [0.5, 0.6) is 0 Å². The zero-order valence-corrected chi connectivity index (χ0v) is 14.0. The number of fused-ring (bicyclic) bond motifs is 1. The largest absolute Gasteiger partial charge is 0.366 e. The van der Waals surface area contributed by atoms with Gasteiger partial charge in [0.25, 0.3) is 5.91 Å². The summed E-state index contributed by atoms with van der Waals surface area (Å²) in [5.41, 5.74) is 7.14. The SMILES string of the molecule is CCn1cc(C(=O)Nc2cc(C(N)=O)cc(F)c2C)c2ccccc21. The van der Waals surface area contributed by atoms with Crippen LogP contribution in [0.25, 0.3) is 10.9 Å². The molecule has 0 aliphatic carbocycles. The van der Waals surface area contributed by atoms with Gasteiger partial charge >= 0.3 is 0 Å². The molecule has 0 saturated heterocycles. The molecule has 2 aromatic carbocycles. The van der Waals surface area contributed by atoms with Crippen LogP contribution in [0.1, 0.15) is 33.2 Å². The summed E-state index contributed by atoms with van der Waals surface area (Å²) in [5, 5.41) is 3.50. The molecule has 5 nitrogen and oxygen atoms in total. The van der Waals surface area contributed by atoms with Crippen molar-refractivity contribution in [3.63, 3.8) is 0 Å². The Kier molecular flexibility index (Phi) is 4.27. The Hall–Kier alpha value is -3.15. The Balaban J connectivity index is 2.03. The van der Waals surface area contributed by atoms with E-state index in [0.29, 0.717) is 5.56 Å². The van der Waals surface area contributed by atoms with Crippen molar-refractivity contribution in [1.29, 1.82) is 0 Å². The summed E-state index contributed by atoms with van der Waals surface area (Å²) >= 11 is 0. The second kappa shape index (κ2) is 6.39. The summed E-state index contributed by atoms with van der Waals surface area (Å²) in [6.07, 6.45) is 1.77. The number of anilines is 1. The molecule has 0 unspecified atom stereocenters. The van der Waals surface area contributed by atoms with Crippen molar-refractivity contribution >= 4 is 28.4 Å². The highest BCUT2D eigenvalue weighted by Crippen LogP contribution is 2.25. The van der Waals surface area contributed by atoms with E-state index >= 15 is 0 Å². The number of halogens is 1. The number of primary amides is 1. The third-order valence-corrected chi connectivity index (χ3v) is 4.25. The number of nitrogens with one attached hydrogen (secondary N) is 1. The van der Waals surface area contributed by atoms with E-state index in [1.54, 1.807) is 6.20 Å². The lowest BCUT2D eigenvalue weighted by atomic mass is 10.1. The molecular weight excluding hydrogens is 321 g/mol. The minimum absolute atomic E-state index is 0.00869. The van der Waals surface area contributed by atoms with Gasteiger partial charge < -0.3 is 15.6 Å². The zero-order valence-electron chi connectivity index (χ0n) is 14.0. The van der Waals surface area contributed by atoms with Gasteiger partial charge in [-0.3, -0.25) is 9.59 Å². The molecule has 128 valence electrons. The maximum atomic E-state index is 14.0. The number of aromatic nitrogens is 1. The fourth-order valence-electron chi connectivity index (χ4n) is 2.83. The fourth-order valence-corrected chi connectivity index (χ4v) is 2.83. The lowest BCUT2D eigenvalue weighted by Gasteiger charge is -2.10. The van der Waals surface area contributed by atoms with Crippen LogP contribution in [-0.4, -0.2) is 16.4 Å². The topological polar surface area (TPSA) is 77.1 Å². The highest BCUT2D eigenvalue weighted by atomic mass is 19.1. The maximum absolute atomic E-state index is 14.0. The summed E-state index contributed by atoms with van der Waals surface area (Å²) < 4.78 is 16.0. The number of para-hydroxylation sites is 1. The molecule has 0 atom stereocenters. The Morgan fingerprint density at radius 2 is 1.96 bits per heavy atom. The second-order valence-electron chi connectivity index (χ2n) is 5.79. The standard InChI is InChI=1S/C19H18FN3O2/c1-3-23-10-14(13-6-4-5-7-17(13)23)19(25)22-16-9-12(18(21)24)8-15(20)11(16)2/h4-10H,3H2,1-2H3,(H2,21,24)(H,22,25). The highest BCUT2D eigenvalue weighted by molar-refractivity contribution is 6.13. The van der Waals surface area contributed by atoms with E-state index in [-0.39, 0.29) is 22.7 Å². The van der Waals surface area contributed by atoms with Gasteiger partial charge in [0.1, 0.15) is 5.82 Å². The van der Waals surface area contributed by atoms with Gasteiger partial charge in [0.15, 0.2) is 0 Å². The van der Waals surface area contributed by atoms with Gasteiger partial charge in [-0.15, -0.1) is 0 Å². The number of carbonyl (C=O) groups is 2. The summed E-state index contributed by atoms with van der Waals surface area (Å²) in [6.45, 7) is 4.24. The van der Waals surface area contributed by atoms with Gasteiger partial charge in [0.05, 0.1) is 5.56 Å². The molecule has 3 rings (SSSR count). The number of rotatable bonds is 4. The Labute approximate surface area is 144 Å². The summed E-state index contributed by atoms with van der Waals surface area (Å²) in [4.78, 5) is 24.1. The Morgan fingerprint density at radius 1 is 1.24 bits per heavy atom. The predicted octanol–water partition coefficient (Wildman–Crippen LogP) is 3.46. The van der Waals surface area contributed by atoms with E-state index in [0.717, 1.165) is 23.5 Å². The van der Waals surface area contributed by atoms with Crippen molar-refractivity contribution in [3.8, 4) is 0 Å². The molecule has 0 aliphatic rings. The molecule has 6 heteroatoms. The molecule has 0 aliphatic heterocycles. The van der Waals surface area contributed by atoms with E-state index in [4.69, 9.17) is 5.73 Å². The van der Waals surface area contributed by atoms with E-state index in [1.807, 2.05) is 35.8 Å². The average molecular weight is 339 g/mol. The molecule has 1 heterocycles. The van der Waals surface area contributed by atoms with Gasteiger partial charge in [0.2, 0.25) is 5.91 Å². The van der Waals surface area contributed by atoms with Gasteiger partial charge in [-0.1, -0.05) is 18.2 Å². The molecule has 25 heavy (non-hydrogen) atoms. The van der Waals surface area contributed by atoms with Crippen molar-refractivity contribution in [2.75, 3.05) is 5.32 Å². The normalized spacial score (nSPS) is 10.8. The lowest BCUT2D eigenvalue weighted by Crippen LogP contribution is -2.16. The molecule has 1 aromatic heterocycles. The number of hydrogen-bond acceptors (Lipinski definition) is 2. The summed E-state index contributed by atoms with van der Waals surface area (Å²) in [6, 6.07) is 10.0. The highest BCUT2D eigenvalue weighted by Gasteiger charge is 2.17. The Bertz CT molecular complexity index is 992. The fraction of sp³-hybridized carbons (Fsp3) is 0.158. The number of nitrogens with two attached hydrogens (primary N) is 1. The third-order valence-electron chi connectivity index (χ3n) is 4.25. The maximum Gasteiger partial charge on any atom is 0.257 e. The summed E-state index contributed by atoms with van der Waals surface area (Å²) in [5.74, 6) is -1.72. The smallest absolute Gasteiger partial charge is 0.257 e. The predicted molar refractivity (Wildman–Crippen MR) is 95.2 cm³/mol. The van der Waals surface area contributed by atoms with Crippen LogP contribution in [0, 0.1) is 12.7 Å². The first-order valence-corrected chi connectivity index (χ1v) is 7.91. The minimum Gasteiger partial charge on any atom is -0.366 e. The van der Waals surface area contributed by atoms with Crippen LogP contribution in [-0.2, 0) is 6.54 Å².